The summed E-state index contributed by atoms with van der Waals surface area (Å²) < 4.78 is 25.2. The Kier molecular flexibility index (Phi) is 26.7. The van der Waals surface area contributed by atoms with Crippen LogP contribution in [-0.4, -0.2) is 54.1 Å². The quantitative estimate of drug-likeness (QED) is 0.0650. The number of carbonyl (C=O) groups excluding carboxylic acids is 1. The Hall–Kier alpha value is -0.0300. The van der Waals surface area contributed by atoms with E-state index in [-0.39, 0.29) is 36.0 Å². The van der Waals surface area contributed by atoms with E-state index < -0.39 is 51.7 Å². The number of carboxylic acid groups (broad SMARTS) is 1. The van der Waals surface area contributed by atoms with Crippen LogP contribution in [0.3, 0.4) is 0 Å². The van der Waals surface area contributed by atoms with Gasteiger partial charge in [0, 0.05) is 6.42 Å². The molecule has 36 heavy (non-hydrogen) atoms. The van der Waals surface area contributed by atoms with Crippen LogP contribution in [0.1, 0.15) is 110 Å². The summed E-state index contributed by atoms with van der Waals surface area (Å²) in [6, 6.07) is -1.52. The summed E-state index contributed by atoms with van der Waals surface area (Å²) in [5, 5.41) is 18.3. The van der Waals surface area contributed by atoms with Gasteiger partial charge < -0.3 is 34.6 Å². The number of ether oxygens (including phenoxy) is 1. The van der Waals surface area contributed by atoms with E-state index in [0.29, 0.717) is 6.42 Å². The van der Waals surface area contributed by atoms with Crippen molar-refractivity contribution < 1.29 is 72.6 Å². The zero-order valence-corrected chi connectivity index (χ0v) is 25.3. The third kappa shape index (κ3) is 25.6. The normalized spacial score (nSPS) is 14.4. The van der Waals surface area contributed by atoms with Gasteiger partial charge in [-0.3, -0.25) is 14.2 Å². The van der Waals surface area contributed by atoms with Gasteiger partial charge in [-0.1, -0.05) is 96.8 Å². The molecule has 4 N–H and O–H groups in total. The van der Waals surface area contributed by atoms with Crippen molar-refractivity contribution in [1.82, 2.24) is 0 Å². The molecule has 0 radical (unpaired) electrons. The van der Waals surface area contributed by atoms with Crippen LogP contribution in [-0.2, 0) is 27.9 Å². The van der Waals surface area contributed by atoms with Crippen LogP contribution in [0.25, 0.3) is 0 Å². The van der Waals surface area contributed by atoms with Crippen molar-refractivity contribution in [3.63, 3.8) is 0 Å². The van der Waals surface area contributed by atoms with Crippen molar-refractivity contribution in [3.8, 4) is 0 Å². The van der Waals surface area contributed by atoms with Gasteiger partial charge in [-0.15, -0.1) is 0 Å². The van der Waals surface area contributed by atoms with Crippen molar-refractivity contribution in [2.45, 2.75) is 122 Å². The van der Waals surface area contributed by atoms with Gasteiger partial charge in [0.05, 0.1) is 13.2 Å². The SMILES string of the molecule is CCCCCCCCCCCCCCCCCC(=O)OC[C@@H](O)COP(=O)([O-])OC[C@H](N)C(=O)O.[Na+]. The maximum absolute atomic E-state index is 11.7. The van der Waals surface area contributed by atoms with Crippen LogP contribution in [0, 0.1) is 0 Å². The van der Waals surface area contributed by atoms with Crippen LogP contribution < -0.4 is 40.2 Å². The number of phosphoric acid groups is 1. The van der Waals surface area contributed by atoms with E-state index in [4.69, 9.17) is 15.6 Å². The summed E-state index contributed by atoms with van der Waals surface area (Å²) in [7, 11) is -4.83. The Balaban J connectivity index is 0. The van der Waals surface area contributed by atoms with Gasteiger partial charge in [0.2, 0.25) is 0 Å². The van der Waals surface area contributed by atoms with Crippen molar-refractivity contribution in [2.24, 2.45) is 5.73 Å². The molecule has 12 heteroatoms. The Labute approximate surface area is 238 Å². The van der Waals surface area contributed by atoms with E-state index >= 15 is 0 Å². The average Bonchev–Trinajstić information content (AvgIpc) is 2.82. The minimum Gasteiger partial charge on any atom is -0.756 e. The van der Waals surface area contributed by atoms with E-state index in [0.717, 1.165) is 19.3 Å². The smallest absolute Gasteiger partial charge is 0.756 e. The van der Waals surface area contributed by atoms with Crippen LogP contribution in [0.15, 0.2) is 0 Å². The average molecular weight is 548 g/mol. The second kappa shape index (κ2) is 25.3. The predicted octanol–water partition coefficient (Wildman–Crippen LogP) is 1.07. The maximum Gasteiger partial charge on any atom is 1.00 e. The summed E-state index contributed by atoms with van der Waals surface area (Å²) in [5.74, 6) is -1.89. The Morgan fingerprint density at radius 1 is 0.806 bits per heavy atom. The van der Waals surface area contributed by atoms with E-state index in [2.05, 4.69) is 16.0 Å². The minimum absolute atomic E-state index is 0. The fourth-order valence-corrected chi connectivity index (χ4v) is 4.18. The summed E-state index contributed by atoms with van der Waals surface area (Å²) in [6.07, 6.45) is 17.4. The number of unbranched alkanes of at least 4 members (excludes halogenated alkanes) is 14. The topological polar surface area (TPSA) is 168 Å². The fourth-order valence-electron chi connectivity index (χ4n) is 3.41. The number of aliphatic hydroxyl groups excluding tert-OH is 1. The number of esters is 1. The number of hydrogen-bond donors (Lipinski definition) is 3. The number of carboxylic acids is 1. The van der Waals surface area contributed by atoms with Crippen LogP contribution in [0.5, 0.6) is 0 Å². The summed E-state index contributed by atoms with van der Waals surface area (Å²) in [4.78, 5) is 33.8. The number of rotatable bonds is 25. The minimum atomic E-state index is -4.83. The van der Waals surface area contributed by atoms with E-state index in [1.165, 1.54) is 70.6 Å². The molecular weight excluding hydrogens is 500 g/mol. The van der Waals surface area contributed by atoms with Gasteiger partial charge in [-0.25, -0.2) is 0 Å². The molecule has 0 aliphatic carbocycles. The van der Waals surface area contributed by atoms with Gasteiger partial charge in [0.25, 0.3) is 7.82 Å². The molecule has 0 aromatic heterocycles. The number of nitrogens with two attached hydrogens (primary N) is 1. The van der Waals surface area contributed by atoms with Gasteiger partial charge in [0.1, 0.15) is 18.8 Å². The Morgan fingerprint density at radius 3 is 1.67 bits per heavy atom. The van der Waals surface area contributed by atoms with Crippen molar-refractivity contribution >= 4 is 19.8 Å². The molecule has 0 aliphatic rings. The second-order valence-corrected chi connectivity index (χ2v) is 10.4. The molecule has 0 bridgehead atoms. The molecule has 1 unspecified atom stereocenters. The van der Waals surface area contributed by atoms with E-state index in [1.54, 1.807) is 0 Å². The molecular formula is C24H47NNaO9P. The van der Waals surface area contributed by atoms with Crippen molar-refractivity contribution in [1.29, 1.82) is 0 Å². The number of carbonyl (C=O) groups is 2. The molecule has 0 rings (SSSR count). The molecule has 0 amide bonds. The second-order valence-electron chi connectivity index (χ2n) is 9.02. The van der Waals surface area contributed by atoms with E-state index in [1.807, 2.05) is 0 Å². The molecule has 0 spiro atoms. The van der Waals surface area contributed by atoms with Crippen LogP contribution in [0.2, 0.25) is 0 Å². The van der Waals surface area contributed by atoms with Crippen molar-refractivity contribution in [3.05, 3.63) is 0 Å². The van der Waals surface area contributed by atoms with Gasteiger partial charge in [0.15, 0.2) is 0 Å². The first-order valence-corrected chi connectivity index (χ1v) is 14.6. The number of phosphoric ester groups is 1. The maximum atomic E-state index is 11.7. The van der Waals surface area contributed by atoms with Gasteiger partial charge in [-0.2, -0.15) is 0 Å². The Morgan fingerprint density at radius 2 is 1.22 bits per heavy atom. The summed E-state index contributed by atoms with van der Waals surface area (Å²) in [5.41, 5.74) is 5.13. The molecule has 208 valence electrons. The zero-order chi connectivity index (χ0) is 26.4. The molecule has 3 atom stereocenters. The van der Waals surface area contributed by atoms with Gasteiger partial charge in [-0.05, 0) is 6.42 Å². The Bertz CT molecular complexity index is 598. The number of aliphatic hydroxyl groups is 1. The third-order valence-electron chi connectivity index (χ3n) is 5.58. The van der Waals surface area contributed by atoms with Crippen molar-refractivity contribution in [2.75, 3.05) is 19.8 Å². The first-order chi connectivity index (χ1) is 16.7. The predicted molar refractivity (Wildman–Crippen MR) is 132 cm³/mol. The summed E-state index contributed by atoms with van der Waals surface area (Å²) in [6.45, 7) is 0.355. The number of aliphatic carboxylic acids is 1. The molecule has 0 saturated carbocycles. The zero-order valence-electron chi connectivity index (χ0n) is 22.4. The van der Waals surface area contributed by atoms with E-state index in [9.17, 15) is 24.2 Å². The molecule has 10 nitrogen and oxygen atoms in total. The first-order valence-electron chi connectivity index (χ1n) is 13.1. The first kappa shape index (κ1) is 38.1. The number of hydrogen-bond acceptors (Lipinski definition) is 9. The fraction of sp³-hybridized carbons (Fsp3) is 0.917. The molecule has 0 aromatic rings. The monoisotopic (exact) mass is 547 g/mol. The standard InChI is InChI=1S/C24H48NO9P.Na/c1-2-3-4-5-6-7-8-9-10-11-12-13-14-15-16-17-23(27)32-18-21(26)19-33-35(30,31)34-20-22(25)24(28)29;/h21-22,26H,2-20,25H2,1H3,(H,28,29)(H,30,31);/q;+1/p-1/t21-,22+;/m1./s1. The molecule has 0 fully saturated rings. The molecule has 0 heterocycles. The molecule has 0 aromatic carbocycles. The summed E-state index contributed by atoms with van der Waals surface area (Å²) >= 11 is 0. The molecule has 0 saturated heterocycles. The van der Waals surface area contributed by atoms with Gasteiger partial charge >= 0.3 is 41.5 Å². The third-order valence-corrected chi connectivity index (χ3v) is 6.51. The van der Waals surface area contributed by atoms with Crippen LogP contribution in [0.4, 0.5) is 0 Å². The van der Waals surface area contributed by atoms with Crippen LogP contribution >= 0.6 is 7.82 Å². The largest absolute Gasteiger partial charge is 1.00 e. The molecule has 0 aliphatic heterocycles.